The fourth-order valence-corrected chi connectivity index (χ4v) is 5.92. The van der Waals surface area contributed by atoms with Gasteiger partial charge in [-0.05, 0) is 29.8 Å². The molecule has 2 heterocycles. The zero-order valence-electron chi connectivity index (χ0n) is 22.7. The molecule has 0 aliphatic carbocycles. The number of Topliss-reactive ketones (excluding diaryl/α,β-unsaturated/α-hetero) is 1. The van der Waals surface area contributed by atoms with Gasteiger partial charge < -0.3 is 44.5 Å². The SMILES string of the molecule is COc1ccc([C@@H]2COc3cc(O)ccc3[C@H]2c2c(O)cc3c(c2O)C(=O)CC(c2ccc(O)cc2)O3)c(OC)c1O. The highest BCUT2D eigenvalue weighted by Crippen LogP contribution is 2.57. The van der Waals surface area contributed by atoms with E-state index in [9.17, 15) is 30.3 Å². The Kier molecular flexibility index (Phi) is 6.61. The van der Waals surface area contributed by atoms with E-state index in [2.05, 4.69) is 0 Å². The Labute approximate surface area is 240 Å². The summed E-state index contributed by atoms with van der Waals surface area (Å²) in [7, 11) is 2.81. The molecule has 2 aliphatic rings. The van der Waals surface area contributed by atoms with E-state index < -0.39 is 23.7 Å². The second-order valence-corrected chi connectivity index (χ2v) is 10.2. The van der Waals surface area contributed by atoms with Crippen LogP contribution in [0, 0.1) is 0 Å². The molecule has 5 N–H and O–H groups in total. The summed E-state index contributed by atoms with van der Waals surface area (Å²) < 4.78 is 22.9. The normalized spacial score (nSPS) is 19.2. The third-order valence-electron chi connectivity index (χ3n) is 7.88. The molecule has 3 atom stereocenters. The van der Waals surface area contributed by atoms with Crippen molar-refractivity contribution in [2.45, 2.75) is 24.4 Å². The van der Waals surface area contributed by atoms with Gasteiger partial charge in [-0.15, -0.1) is 0 Å². The molecule has 0 saturated heterocycles. The Morgan fingerprint density at radius 2 is 1.50 bits per heavy atom. The van der Waals surface area contributed by atoms with Crippen LogP contribution >= 0.6 is 0 Å². The number of ether oxygens (including phenoxy) is 4. The van der Waals surface area contributed by atoms with E-state index in [1.807, 2.05) is 0 Å². The maximum Gasteiger partial charge on any atom is 0.201 e. The molecule has 0 amide bonds. The van der Waals surface area contributed by atoms with Gasteiger partial charge >= 0.3 is 0 Å². The molecule has 0 aromatic heterocycles. The number of phenols is 5. The van der Waals surface area contributed by atoms with Gasteiger partial charge in [-0.25, -0.2) is 0 Å². The first kappa shape index (κ1) is 26.9. The highest BCUT2D eigenvalue weighted by Gasteiger charge is 2.42. The molecule has 4 aromatic carbocycles. The molecule has 2 aliphatic heterocycles. The summed E-state index contributed by atoms with van der Waals surface area (Å²) in [6, 6.07) is 15.4. The van der Waals surface area contributed by atoms with E-state index in [4.69, 9.17) is 18.9 Å². The fourth-order valence-electron chi connectivity index (χ4n) is 5.92. The van der Waals surface area contributed by atoms with Crippen molar-refractivity contribution < 1.29 is 49.3 Å². The second kappa shape index (κ2) is 10.3. The lowest BCUT2D eigenvalue weighted by Gasteiger charge is -2.36. The number of rotatable bonds is 5. The maximum absolute atomic E-state index is 13.5. The predicted octanol–water partition coefficient (Wildman–Crippen LogP) is 5.25. The lowest BCUT2D eigenvalue weighted by molar-refractivity contribution is 0.0844. The number of benzene rings is 4. The van der Waals surface area contributed by atoms with Crippen molar-refractivity contribution in [3.63, 3.8) is 0 Å². The number of carbonyl (C=O) groups is 1. The Morgan fingerprint density at radius 3 is 2.21 bits per heavy atom. The average molecular weight is 573 g/mol. The molecule has 6 rings (SSSR count). The summed E-state index contributed by atoms with van der Waals surface area (Å²) in [6.07, 6.45) is -0.751. The molecule has 1 unspecified atom stereocenters. The van der Waals surface area contributed by atoms with E-state index in [1.165, 1.54) is 44.6 Å². The molecule has 0 radical (unpaired) electrons. The van der Waals surface area contributed by atoms with Crippen molar-refractivity contribution in [2.75, 3.05) is 20.8 Å². The Hall–Kier alpha value is -5.25. The van der Waals surface area contributed by atoms with Crippen molar-refractivity contribution in [2.24, 2.45) is 0 Å². The number of aromatic hydroxyl groups is 5. The minimum atomic E-state index is -0.802. The Balaban J connectivity index is 1.51. The van der Waals surface area contributed by atoms with Crippen LogP contribution in [-0.4, -0.2) is 52.1 Å². The molecule has 4 aromatic rings. The number of hydrogen-bond acceptors (Lipinski definition) is 10. The van der Waals surface area contributed by atoms with Gasteiger partial charge in [0.15, 0.2) is 17.3 Å². The minimum Gasteiger partial charge on any atom is -0.508 e. The summed E-state index contributed by atoms with van der Waals surface area (Å²) in [5.74, 6) is -2.09. The van der Waals surface area contributed by atoms with Gasteiger partial charge in [-0.2, -0.15) is 0 Å². The maximum atomic E-state index is 13.5. The zero-order valence-corrected chi connectivity index (χ0v) is 22.7. The third-order valence-corrected chi connectivity index (χ3v) is 7.88. The van der Waals surface area contributed by atoms with Crippen LogP contribution in [0.4, 0.5) is 0 Å². The molecule has 0 spiro atoms. The summed E-state index contributed by atoms with van der Waals surface area (Å²) in [4.78, 5) is 13.5. The van der Waals surface area contributed by atoms with Crippen LogP contribution in [0.2, 0.25) is 0 Å². The molecule has 0 bridgehead atoms. The van der Waals surface area contributed by atoms with Gasteiger partial charge in [-0.3, -0.25) is 4.79 Å². The summed E-state index contributed by atoms with van der Waals surface area (Å²) in [5, 5.41) is 53.6. The molecular weight excluding hydrogens is 544 g/mol. The topological polar surface area (TPSA) is 155 Å². The summed E-state index contributed by atoms with van der Waals surface area (Å²) >= 11 is 0. The van der Waals surface area contributed by atoms with Crippen LogP contribution in [-0.2, 0) is 0 Å². The molecule has 42 heavy (non-hydrogen) atoms. The number of hydrogen-bond donors (Lipinski definition) is 5. The monoisotopic (exact) mass is 572 g/mol. The predicted molar refractivity (Wildman–Crippen MR) is 150 cm³/mol. The van der Waals surface area contributed by atoms with Gasteiger partial charge in [0, 0.05) is 40.7 Å². The highest BCUT2D eigenvalue weighted by molar-refractivity contribution is 6.03. The van der Waals surface area contributed by atoms with Crippen molar-refractivity contribution in [3.05, 3.63) is 88.5 Å². The van der Waals surface area contributed by atoms with Crippen molar-refractivity contribution in [1.29, 1.82) is 0 Å². The molecule has 0 fully saturated rings. The fraction of sp³-hybridized carbons (Fsp3) is 0.219. The van der Waals surface area contributed by atoms with Crippen molar-refractivity contribution in [1.82, 2.24) is 0 Å². The quantitative estimate of drug-likeness (QED) is 0.214. The van der Waals surface area contributed by atoms with Gasteiger partial charge in [0.05, 0.1) is 27.2 Å². The van der Waals surface area contributed by atoms with E-state index in [1.54, 1.807) is 30.3 Å². The molecule has 216 valence electrons. The number of carbonyl (C=O) groups excluding carboxylic acids is 1. The largest absolute Gasteiger partial charge is 0.508 e. The summed E-state index contributed by atoms with van der Waals surface area (Å²) in [5.41, 5.74) is 1.68. The van der Waals surface area contributed by atoms with Crippen LogP contribution < -0.4 is 18.9 Å². The van der Waals surface area contributed by atoms with Crippen LogP contribution in [0.3, 0.4) is 0 Å². The molecule has 10 nitrogen and oxygen atoms in total. The van der Waals surface area contributed by atoms with E-state index >= 15 is 0 Å². The zero-order chi connectivity index (χ0) is 29.7. The van der Waals surface area contributed by atoms with Crippen LogP contribution in [0.25, 0.3) is 0 Å². The van der Waals surface area contributed by atoms with Gasteiger partial charge in [0.1, 0.15) is 46.2 Å². The first-order valence-electron chi connectivity index (χ1n) is 13.2. The number of phenolic OH excluding ortho intramolecular Hbond substituents is 5. The average Bonchev–Trinajstić information content (AvgIpc) is 2.96. The lowest BCUT2D eigenvalue weighted by atomic mass is 9.74. The number of methoxy groups -OCH3 is 2. The van der Waals surface area contributed by atoms with E-state index in [0.29, 0.717) is 22.4 Å². The van der Waals surface area contributed by atoms with Crippen LogP contribution in [0.1, 0.15) is 57.0 Å². The molecule has 10 heteroatoms. The van der Waals surface area contributed by atoms with Crippen molar-refractivity contribution >= 4 is 5.78 Å². The van der Waals surface area contributed by atoms with Gasteiger partial charge in [0.2, 0.25) is 5.75 Å². The smallest absolute Gasteiger partial charge is 0.201 e. The molecule has 0 saturated carbocycles. The number of fused-ring (bicyclic) bond motifs is 2. The first-order chi connectivity index (χ1) is 20.2. The standard InChI is InChI=1S/C32H28O10/c1-39-23-10-9-18(32(40-2)30(23)37)20-14-41-25-11-17(34)7-8-19(25)27(20)29-22(36)13-26-28(31(29)38)21(35)12-24(42-26)15-3-5-16(33)6-4-15/h3-11,13,20,24,27,33-34,36-38H,12,14H2,1-2H3/t20-,24?,27+/m0/s1. The van der Waals surface area contributed by atoms with E-state index in [0.717, 1.165) is 0 Å². The third kappa shape index (κ3) is 4.32. The van der Waals surface area contributed by atoms with Crippen molar-refractivity contribution in [3.8, 4) is 51.7 Å². The minimum absolute atomic E-state index is 0.0204. The van der Waals surface area contributed by atoms with E-state index in [-0.39, 0.29) is 70.2 Å². The number of ketones is 1. The first-order valence-corrected chi connectivity index (χ1v) is 13.2. The highest BCUT2D eigenvalue weighted by atomic mass is 16.5. The lowest BCUT2D eigenvalue weighted by Crippen LogP contribution is -2.27. The van der Waals surface area contributed by atoms with Crippen LogP contribution in [0.5, 0.6) is 51.7 Å². The van der Waals surface area contributed by atoms with Crippen LogP contribution in [0.15, 0.2) is 60.7 Å². The Bertz CT molecular complexity index is 1700. The Morgan fingerprint density at radius 1 is 0.786 bits per heavy atom. The van der Waals surface area contributed by atoms with Gasteiger partial charge in [0.25, 0.3) is 0 Å². The second-order valence-electron chi connectivity index (χ2n) is 10.2. The molecular formula is C32H28O10. The summed E-state index contributed by atoms with van der Waals surface area (Å²) in [6.45, 7) is 0.0204. The van der Waals surface area contributed by atoms with Gasteiger partial charge in [-0.1, -0.05) is 24.3 Å².